The molecule has 0 aliphatic heterocycles. The Morgan fingerprint density at radius 1 is 1.35 bits per heavy atom. The smallest absolute Gasteiger partial charge is 0.387 e. The van der Waals surface area contributed by atoms with E-state index in [1.165, 1.54) is 30.5 Å². The first-order valence-corrected chi connectivity index (χ1v) is 8.81. The number of imidazole rings is 1. The molecule has 1 N–H and O–H groups in total. The fraction of sp³-hybridized carbons (Fsp3) is 0.235. The van der Waals surface area contributed by atoms with Gasteiger partial charge in [0.15, 0.2) is 0 Å². The molecule has 136 valence electrons. The van der Waals surface area contributed by atoms with Crippen LogP contribution in [-0.4, -0.2) is 21.1 Å². The van der Waals surface area contributed by atoms with Crippen molar-refractivity contribution in [2.45, 2.75) is 25.1 Å². The number of halogens is 5. The molecule has 0 radical (unpaired) electrons. The highest BCUT2D eigenvalue weighted by atomic mass is 79.9. The molecule has 4 rings (SSSR count). The lowest BCUT2D eigenvalue weighted by Gasteiger charge is -2.18. The maximum atomic E-state index is 13.8. The average molecular weight is 448 g/mol. The van der Waals surface area contributed by atoms with Crippen LogP contribution in [0, 0.1) is 5.82 Å². The summed E-state index contributed by atoms with van der Waals surface area (Å²) < 4.78 is 45.8. The molecule has 1 aromatic carbocycles. The van der Waals surface area contributed by atoms with Gasteiger partial charge in [0.1, 0.15) is 17.2 Å². The summed E-state index contributed by atoms with van der Waals surface area (Å²) in [5.41, 5.74) is 1.71. The molecule has 1 aliphatic carbocycles. The lowest BCUT2D eigenvalue weighted by molar-refractivity contribution is -0.0505. The van der Waals surface area contributed by atoms with Crippen molar-refractivity contribution >= 4 is 33.2 Å². The lowest BCUT2D eigenvalue weighted by Crippen LogP contribution is -2.08. The summed E-state index contributed by atoms with van der Waals surface area (Å²) >= 11 is 9.18. The van der Waals surface area contributed by atoms with E-state index in [4.69, 9.17) is 11.6 Å². The number of aliphatic hydroxyl groups is 1. The topological polar surface area (TPSA) is 46.8 Å². The molecule has 2 heterocycles. The van der Waals surface area contributed by atoms with Crippen LogP contribution in [0.5, 0.6) is 5.75 Å². The van der Waals surface area contributed by atoms with Crippen LogP contribution >= 0.6 is 27.5 Å². The first-order valence-electron chi connectivity index (χ1n) is 7.64. The number of fused-ring (bicyclic) bond motifs is 3. The molecule has 0 unspecified atom stereocenters. The van der Waals surface area contributed by atoms with Gasteiger partial charge < -0.3 is 14.2 Å². The first kappa shape index (κ1) is 17.6. The molecule has 0 amide bonds. The SMILES string of the molecule is O[C@H]1C[C@@H](c2cc(Cl)ccc2OC(F)F)c2c1nc1cc(F)c(Br)cn21. The van der Waals surface area contributed by atoms with E-state index < -0.39 is 24.5 Å². The maximum absolute atomic E-state index is 13.8. The average Bonchev–Trinajstić information content (AvgIpc) is 3.07. The molecule has 0 fully saturated rings. The van der Waals surface area contributed by atoms with Gasteiger partial charge in [-0.2, -0.15) is 8.78 Å². The molecule has 3 aromatic rings. The minimum Gasteiger partial charge on any atom is -0.435 e. The summed E-state index contributed by atoms with van der Waals surface area (Å²) in [7, 11) is 0. The molecule has 4 nitrogen and oxygen atoms in total. The molecule has 26 heavy (non-hydrogen) atoms. The first-order chi connectivity index (χ1) is 12.3. The number of ether oxygens (including phenoxy) is 1. The second kappa shape index (κ2) is 6.44. The second-order valence-corrected chi connectivity index (χ2v) is 7.24. The van der Waals surface area contributed by atoms with E-state index >= 15 is 0 Å². The Morgan fingerprint density at radius 3 is 2.85 bits per heavy atom. The fourth-order valence-corrected chi connectivity index (χ4v) is 3.88. The third kappa shape index (κ3) is 2.86. The van der Waals surface area contributed by atoms with Crippen molar-refractivity contribution in [1.29, 1.82) is 0 Å². The predicted molar refractivity (Wildman–Crippen MR) is 92.4 cm³/mol. The van der Waals surface area contributed by atoms with Crippen LogP contribution in [0.3, 0.4) is 0 Å². The summed E-state index contributed by atoms with van der Waals surface area (Å²) in [6.45, 7) is -2.99. The molecule has 2 atom stereocenters. The van der Waals surface area contributed by atoms with Gasteiger partial charge in [0.05, 0.1) is 22.0 Å². The van der Waals surface area contributed by atoms with E-state index in [1.807, 2.05) is 0 Å². The van der Waals surface area contributed by atoms with E-state index in [1.54, 1.807) is 4.40 Å². The molecule has 0 saturated carbocycles. The van der Waals surface area contributed by atoms with Crippen molar-refractivity contribution in [1.82, 2.24) is 9.38 Å². The summed E-state index contributed by atoms with van der Waals surface area (Å²) in [6.07, 6.45) is 0.824. The third-order valence-electron chi connectivity index (χ3n) is 4.40. The minimum atomic E-state index is -2.99. The number of hydrogen-bond acceptors (Lipinski definition) is 3. The largest absolute Gasteiger partial charge is 0.435 e. The third-order valence-corrected chi connectivity index (χ3v) is 5.22. The zero-order valence-electron chi connectivity index (χ0n) is 13.0. The van der Waals surface area contributed by atoms with Crippen molar-refractivity contribution in [3.05, 3.63) is 62.7 Å². The number of nitrogens with zero attached hydrogens (tertiary/aromatic N) is 2. The van der Waals surface area contributed by atoms with Crippen molar-refractivity contribution in [2.75, 3.05) is 0 Å². The molecular weight excluding hydrogens is 437 g/mol. The standard InChI is InChI=1S/C17H11BrClF3N2O2/c18-10-6-24-14(5-11(10)20)23-15-12(25)4-9(16(15)24)8-3-7(19)1-2-13(8)26-17(21)22/h1-3,5-6,9,12,17,25H,4H2/t9-,12-/m0/s1. The fourth-order valence-electron chi connectivity index (χ4n) is 3.38. The number of rotatable bonds is 3. The van der Waals surface area contributed by atoms with Gasteiger partial charge in [0, 0.05) is 28.8 Å². The Hall–Kier alpha value is -1.77. The Morgan fingerprint density at radius 2 is 2.12 bits per heavy atom. The molecule has 0 bridgehead atoms. The zero-order chi connectivity index (χ0) is 18.6. The van der Waals surface area contributed by atoms with Crippen LogP contribution in [0.1, 0.15) is 35.4 Å². The van der Waals surface area contributed by atoms with E-state index in [0.29, 0.717) is 27.6 Å². The Labute approximate surface area is 159 Å². The van der Waals surface area contributed by atoms with Gasteiger partial charge in [0.25, 0.3) is 0 Å². The van der Waals surface area contributed by atoms with Gasteiger partial charge in [0.2, 0.25) is 0 Å². The summed E-state index contributed by atoms with van der Waals surface area (Å²) in [4.78, 5) is 4.30. The van der Waals surface area contributed by atoms with Crippen LogP contribution in [0.4, 0.5) is 13.2 Å². The predicted octanol–water partition coefficient (Wildman–Crippen LogP) is 5.06. The van der Waals surface area contributed by atoms with Crippen LogP contribution in [-0.2, 0) is 0 Å². The van der Waals surface area contributed by atoms with Crippen molar-refractivity contribution in [3.63, 3.8) is 0 Å². The minimum absolute atomic E-state index is 0.0226. The van der Waals surface area contributed by atoms with Gasteiger partial charge in [-0.3, -0.25) is 0 Å². The van der Waals surface area contributed by atoms with E-state index in [2.05, 4.69) is 25.7 Å². The second-order valence-electron chi connectivity index (χ2n) is 5.94. The number of aromatic nitrogens is 2. The van der Waals surface area contributed by atoms with Gasteiger partial charge in [-0.25, -0.2) is 9.37 Å². The highest BCUT2D eigenvalue weighted by Gasteiger charge is 2.37. The van der Waals surface area contributed by atoms with Crippen molar-refractivity contribution in [2.24, 2.45) is 0 Å². The normalized spacial score (nSPS) is 19.3. The lowest BCUT2D eigenvalue weighted by atomic mass is 9.95. The Kier molecular flexibility index (Phi) is 4.37. The molecular formula is C17H11BrClF3N2O2. The van der Waals surface area contributed by atoms with Crippen LogP contribution in [0.25, 0.3) is 5.65 Å². The highest BCUT2D eigenvalue weighted by Crippen LogP contribution is 2.47. The molecule has 1 aliphatic rings. The van der Waals surface area contributed by atoms with Crippen molar-refractivity contribution < 1.29 is 23.0 Å². The van der Waals surface area contributed by atoms with Crippen LogP contribution in [0.2, 0.25) is 5.02 Å². The number of alkyl halides is 2. The van der Waals surface area contributed by atoms with Crippen LogP contribution in [0.15, 0.2) is 34.9 Å². The number of aliphatic hydroxyl groups excluding tert-OH is 1. The quantitative estimate of drug-likeness (QED) is 0.610. The number of pyridine rings is 1. The molecule has 9 heteroatoms. The Bertz CT molecular complexity index is 1010. The number of hydrogen-bond donors (Lipinski definition) is 1. The van der Waals surface area contributed by atoms with Crippen LogP contribution < -0.4 is 4.74 Å². The summed E-state index contributed by atoms with van der Waals surface area (Å²) in [6, 6.07) is 5.59. The Balaban J connectivity index is 1.92. The van der Waals surface area contributed by atoms with Gasteiger partial charge >= 0.3 is 6.61 Å². The summed E-state index contributed by atoms with van der Waals surface area (Å²) in [5, 5.41) is 10.7. The summed E-state index contributed by atoms with van der Waals surface area (Å²) in [5.74, 6) is -0.998. The molecule has 2 aromatic heterocycles. The molecule has 0 saturated heterocycles. The van der Waals surface area contributed by atoms with Gasteiger partial charge in [-0.05, 0) is 40.5 Å². The van der Waals surface area contributed by atoms with E-state index in [9.17, 15) is 18.3 Å². The van der Waals surface area contributed by atoms with E-state index in [-0.39, 0.29) is 16.6 Å². The highest BCUT2D eigenvalue weighted by molar-refractivity contribution is 9.10. The zero-order valence-corrected chi connectivity index (χ0v) is 15.3. The number of benzene rings is 1. The van der Waals surface area contributed by atoms with E-state index in [0.717, 1.165) is 0 Å². The molecule has 0 spiro atoms. The monoisotopic (exact) mass is 446 g/mol. The van der Waals surface area contributed by atoms with Crippen molar-refractivity contribution in [3.8, 4) is 5.75 Å². The van der Waals surface area contributed by atoms with Gasteiger partial charge in [-0.1, -0.05) is 11.6 Å². The van der Waals surface area contributed by atoms with Gasteiger partial charge in [-0.15, -0.1) is 0 Å². The maximum Gasteiger partial charge on any atom is 0.387 e.